The molecular formula is C17H16FN3O3S. The van der Waals surface area contributed by atoms with Gasteiger partial charge >= 0.3 is 5.97 Å². The van der Waals surface area contributed by atoms with E-state index in [0.29, 0.717) is 16.8 Å². The minimum Gasteiger partial charge on any atom is -0.475 e. The molecule has 0 atom stereocenters. The van der Waals surface area contributed by atoms with Gasteiger partial charge in [-0.15, -0.1) is 11.3 Å². The molecule has 8 heteroatoms. The van der Waals surface area contributed by atoms with Crippen molar-refractivity contribution in [3.63, 3.8) is 0 Å². The summed E-state index contributed by atoms with van der Waals surface area (Å²) in [5, 5.41) is 9.37. The maximum Gasteiger partial charge on any atom is 0.372 e. The fourth-order valence-electron chi connectivity index (χ4n) is 2.77. The molecule has 4 N–H and O–H groups in total. The standard InChI is InChI=1S/C10H8N2O3S.C7H8FN/c13-8-6-4-2-1-3-5(4)16-9(6)12-7(11-8)10(14)15;8-7-3-1-2-6(4-7)5-9/h1-3H2,(H,14,15)(H,11,12,13);1-4H,5,9H2. The van der Waals surface area contributed by atoms with Crippen molar-refractivity contribution in [2.24, 2.45) is 5.73 Å². The number of benzene rings is 1. The molecule has 4 rings (SSSR count). The molecule has 0 saturated heterocycles. The Kier molecular flexibility index (Phi) is 4.91. The fraction of sp³-hybridized carbons (Fsp3) is 0.235. The minimum absolute atomic E-state index is 0.224. The Hall–Kier alpha value is -2.58. The van der Waals surface area contributed by atoms with Crippen LogP contribution in [0.2, 0.25) is 0 Å². The average Bonchev–Trinajstić information content (AvgIpc) is 3.15. The van der Waals surface area contributed by atoms with Crippen LogP contribution in [0.3, 0.4) is 0 Å². The lowest BCUT2D eigenvalue weighted by Gasteiger charge is -1.95. The number of hydrogen-bond acceptors (Lipinski definition) is 5. The van der Waals surface area contributed by atoms with Gasteiger partial charge in [-0.25, -0.2) is 14.2 Å². The number of thiophene rings is 1. The summed E-state index contributed by atoms with van der Waals surface area (Å²) < 4.78 is 12.3. The highest BCUT2D eigenvalue weighted by Gasteiger charge is 2.22. The van der Waals surface area contributed by atoms with Crippen LogP contribution in [0.15, 0.2) is 29.1 Å². The minimum atomic E-state index is -1.20. The summed E-state index contributed by atoms with van der Waals surface area (Å²) in [6, 6.07) is 6.28. The number of carboxylic acid groups (broad SMARTS) is 1. The number of aryl methyl sites for hydroxylation is 2. The van der Waals surface area contributed by atoms with Crippen LogP contribution in [0.25, 0.3) is 10.2 Å². The SMILES string of the molecule is NCc1cccc(F)c1.O=C(O)c1nc2sc3c(c2c(=O)[nH]1)CCC3. The Morgan fingerprint density at radius 1 is 1.40 bits per heavy atom. The highest BCUT2D eigenvalue weighted by atomic mass is 32.1. The lowest BCUT2D eigenvalue weighted by Crippen LogP contribution is -2.15. The molecule has 2 aromatic heterocycles. The van der Waals surface area contributed by atoms with Gasteiger partial charge in [0.15, 0.2) is 0 Å². The second-order valence-corrected chi connectivity index (χ2v) is 6.67. The van der Waals surface area contributed by atoms with Gasteiger partial charge in [0.05, 0.1) is 5.39 Å². The van der Waals surface area contributed by atoms with Gasteiger partial charge in [-0.05, 0) is 42.5 Å². The van der Waals surface area contributed by atoms with Crippen molar-refractivity contribution in [1.82, 2.24) is 9.97 Å². The molecule has 0 fully saturated rings. The summed E-state index contributed by atoms with van der Waals surface area (Å²) in [6.45, 7) is 0.401. The van der Waals surface area contributed by atoms with E-state index in [0.717, 1.165) is 30.4 Å². The van der Waals surface area contributed by atoms with Crippen molar-refractivity contribution in [2.75, 3.05) is 0 Å². The number of fused-ring (bicyclic) bond motifs is 3. The van der Waals surface area contributed by atoms with Crippen LogP contribution in [0, 0.1) is 5.82 Å². The van der Waals surface area contributed by atoms with Crippen LogP contribution in [0.5, 0.6) is 0 Å². The summed E-state index contributed by atoms with van der Waals surface area (Å²) in [5.41, 5.74) is 6.81. The fourth-order valence-corrected chi connectivity index (χ4v) is 4.03. The van der Waals surface area contributed by atoms with Crippen LogP contribution in [0.1, 0.15) is 33.0 Å². The molecule has 3 aromatic rings. The van der Waals surface area contributed by atoms with Crippen LogP contribution >= 0.6 is 11.3 Å². The van der Waals surface area contributed by atoms with Gasteiger partial charge in [0, 0.05) is 11.4 Å². The number of carbonyl (C=O) groups is 1. The zero-order valence-corrected chi connectivity index (χ0v) is 14.0. The van der Waals surface area contributed by atoms with Crippen LogP contribution in [-0.2, 0) is 19.4 Å². The third-order valence-electron chi connectivity index (χ3n) is 3.90. The van der Waals surface area contributed by atoms with Crippen molar-refractivity contribution >= 4 is 27.5 Å². The topological polar surface area (TPSA) is 109 Å². The highest BCUT2D eigenvalue weighted by Crippen LogP contribution is 2.34. The molecule has 0 amide bonds. The molecule has 1 aliphatic carbocycles. The van der Waals surface area contributed by atoms with Crippen molar-refractivity contribution in [2.45, 2.75) is 25.8 Å². The molecule has 0 spiro atoms. The smallest absolute Gasteiger partial charge is 0.372 e. The summed E-state index contributed by atoms with van der Waals surface area (Å²) in [6.07, 6.45) is 2.93. The second-order valence-electron chi connectivity index (χ2n) is 5.59. The van der Waals surface area contributed by atoms with E-state index in [1.165, 1.54) is 28.3 Å². The summed E-state index contributed by atoms with van der Waals surface area (Å²) in [7, 11) is 0. The van der Waals surface area contributed by atoms with E-state index in [2.05, 4.69) is 9.97 Å². The first-order valence-corrected chi connectivity index (χ1v) is 8.53. The number of nitrogens with zero attached hydrogens (tertiary/aromatic N) is 1. The lowest BCUT2D eigenvalue weighted by atomic mass is 10.2. The molecule has 0 unspecified atom stereocenters. The number of carboxylic acids is 1. The first-order chi connectivity index (χ1) is 12.0. The Morgan fingerprint density at radius 3 is 2.84 bits per heavy atom. The van der Waals surface area contributed by atoms with E-state index in [9.17, 15) is 14.0 Å². The predicted octanol–water partition coefficient (Wildman–Crippen LogP) is 2.46. The summed E-state index contributed by atoms with van der Waals surface area (Å²) in [4.78, 5) is 30.5. The molecule has 0 aliphatic heterocycles. The number of nitrogens with two attached hydrogens (primary N) is 1. The average molecular weight is 361 g/mol. The van der Waals surface area contributed by atoms with E-state index in [1.807, 2.05) is 0 Å². The molecule has 1 aliphatic rings. The van der Waals surface area contributed by atoms with E-state index in [4.69, 9.17) is 10.8 Å². The number of hydrogen-bond donors (Lipinski definition) is 3. The summed E-state index contributed by atoms with van der Waals surface area (Å²) in [5.74, 6) is -1.71. The third kappa shape index (κ3) is 3.59. The maximum atomic E-state index is 12.3. The largest absolute Gasteiger partial charge is 0.475 e. The second kappa shape index (κ2) is 7.12. The van der Waals surface area contributed by atoms with Gasteiger partial charge in [-0.2, -0.15) is 0 Å². The zero-order chi connectivity index (χ0) is 18.0. The van der Waals surface area contributed by atoms with Crippen molar-refractivity contribution in [1.29, 1.82) is 0 Å². The molecule has 25 heavy (non-hydrogen) atoms. The predicted molar refractivity (Wildman–Crippen MR) is 93.5 cm³/mol. The van der Waals surface area contributed by atoms with E-state index < -0.39 is 5.97 Å². The normalized spacial score (nSPS) is 12.6. The number of H-pyrrole nitrogens is 1. The van der Waals surface area contributed by atoms with Crippen LogP contribution in [-0.4, -0.2) is 21.0 Å². The van der Waals surface area contributed by atoms with E-state index >= 15 is 0 Å². The quantitative estimate of drug-likeness (QED) is 0.650. The highest BCUT2D eigenvalue weighted by molar-refractivity contribution is 7.18. The molecule has 0 bridgehead atoms. The number of nitrogens with one attached hydrogen (secondary N) is 1. The number of aromatic nitrogens is 2. The van der Waals surface area contributed by atoms with Gasteiger partial charge in [0.1, 0.15) is 10.6 Å². The van der Waals surface area contributed by atoms with Gasteiger partial charge in [0.2, 0.25) is 5.82 Å². The number of aromatic carboxylic acids is 1. The van der Waals surface area contributed by atoms with E-state index in [-0.39, 0.29) is 17.2 Å². The molecule has 0 radical (unpaired) electrons. The summed E-state index contributed by atoms with van der Waals surface area (Å²) >= 11 is 1.44. The van der Waals surface area contributed by atoms with Crippen molar-refractivity contribution in [3.05, 3.63) is 62.3 Å². The Morgan fingerprint density at radius 2 is 2.20 bits per heavy atom. The number of rotatable bonds is 2. The Balaban J connectivity index is 0.000000173. The van der Waals surface area contributed by atoms with Gasteiger partial charge in [0.25, 0.3) is 5.56 Å². The molecular weight excluding hydrogens is 345 g/mol. The third-order valence-corrected chi connectivity index (χ3v) is 5.09. The van der Waals surface area contributed by atoms with Gasteiger partial charge < -0.3 is 15.8 Å². The maximum absolute atomic E-state index is 12.3. The number of halogens is 1. The van der Waals surface area contributed by atoms with Crippen molar-refractivity contribution < 1.29 is 14.3 Å². The van der Waals surface area contributed by atoms with Crippen LogP contribution < -0.4 is 11.3 Å². The van der Waals surface area contributed by atoms with Crippen molar-refractivity contribution in [3.8, 4) is 0 Å². The Bertz CT molecular complexity index is 996. The molecule has 0 saturated carbocycles. The zero-order valence-electron chi connectivity index (χ0n) is 13.2. The number of aromatic amines is 1. The monoisotopic (exact) mass is 361 g/mol. The molecule has 2 heterocycles. The molecule has 6 nitrogen and oxygen atoms in total. The van der Waals surface area contributed by atoms with Gasteiger partial charge in [-0.3, -0.25) is 4.79 Å². The first-order valence-electron chi connectivity index (χ1n) is 7.72. The van der Waals surface area contributed by atoms with E-state index in [1.54, 1.807) is 12.1 Å². The molecule has 1 aromatic carbocycles. The lowest BCUT2D eigenvalue weighted by molar-refractivity contribution is 0.0683. The van der Waals surface area contributed by atoms with Gasteiger partial charge in [-0.1, -0.05) is 12.1 Å². The first kappa shape index (κ1) is 17.2. The molecule has 130 valence electrons. The Labute approximate surface area is 146 Å². The van der Waals surface area contributed by atoms with Crippen LogP contribution in [0.4, 0.5) is 4.39 Å².